The summed E-state index contributed by atoms with van der Waals surface area (Å²) in [6.07, 6.45) is 4.36. The second-order valence-corrected chi connectivity index (χ2v) is 6.39. The maximum atomic E-state index is 12.2. The van der Waals surface area contributed by atoms with Gasteiger partial charge in [0.1, 0.15) is 0 Å². The number of nitrogens with one attached hydrogen (secondary N) is 1. The number of amides is 1. The van der Waals surface area contributed by atoms with Crippen molar-refractivity contribution in [3.8, 4) is 11.8 Å². The van der Waals surface area contributed by atoms with Gasteiger partial charge >= 0.3 is 0 Å². The highest BCUT2D eigenvalue weighted by molar-refractivity contribution is 7.12. The van der Waals surface area contributed by atoms with Crippen LogP contribution in [0.2, 0.25) is 0 Å². The van der Waals surface area contributed by atoms with Crippen molar-refractivity contribution in [2.75, 3.05) is 6.54 Å². The number of carbonyl (C=O) groups excluding carboxylic acids is 1. The monoisotopic (exact) mass is 276 g/mol. The molecule has 1 heterocycles. The van der Waals surface area contributed by atoms with E-state index in [9.17, 15) is 4.79 Å². The minimum Gasteiger partial charge on any atom is -0.351 e. The third-order valence-electron chi connectivity index (χ3n) is 3.65. The molecule has 0 atom stereocenters. The van der Waals surface area contributed by atoms with Crippen molar-refractivity contribution in [2.24, 2.45) is 11.1 Å². The topological polar surface area (TPSA) is 55.1 Å². The van der Waals surface area contributed by atoms with Gasteiger partial charge in [0.2, 0.25) is 5.91 Å². The number of thiophene rings is 1. The summed E-state index contributed by atoms with van der Waals surface area (Å²) in [6.45, 7) is 3.05. The maximum absolute atomic E-state index is 12.2. The molecule has 0 aromatic carbocycles. The molecular weight excluding hydrogens is 256 g/mol. The summed E-state index contributed by atoms with van der Waals surface area (Å²) in [6, 6.07) is 3.99. The van der Waals surface area contributed by atoms with Crippen LogP contribution in [0.25, 0.3) is 0 Å². The SMILES string of the molecule is CC1(C(=O)NCc2ccc(C#CCN)s2)CCCC1. The highest BCUT2D eigenvalue weighted by Gasteiger charge is 2.35. The standard InChI is InChI=1S/C15H20N2OS/c1-15(8-2-3-9-15)14(18)17-11-13-7-6-12(19-13)5-4-10-16/h6-7H,2-3,8-11,16H2,1H3,(H,17,18). The molecule has 3 nitrogen and oxygen atoms in total. The number of rotatable bonds is 3. The number of hydrogen-bond acceptors (Lipinski definition) is 3. The summed E-state index contributed by atoms with van der Waals surface area (Å²) in [4.78, 5) is 14.3. The fraction of sp³-hybridized carbons (Fsp3) is 0.533. The van der Waals surface area contributed by atoms with Crippen molar-refractivity contribution < 1.29 is 4.79 Å². The molecule has 3 N–H and O–H groups in total. The van der Waals surface area contributed by atoms with Gasteiger partial charge in [0, 0.05) is 10.3 Å². The van der Waals surface area contributed by atoms with E-state index in [1.165, 1.54) is 12.8 Å². The summed E-state index contributed by atoms with van der Waals surface area (Å²) in [5.74, 6) is 6.03. The Bertz CT molecular complexity index is 504. The molecule has 19 heavy (non-hydrogen) atoms. The molecule has 0 radical (unpaired) electrons. The van der Waals surface area contributed by atoms with Crippen molar-refractivity contribution >= 4 is 17.2 Å². The van der Waals surface area contributed by atoms with Gasteiger partial charge in [0.25, 0.3) is 0 Å². The van der Waals surface area contributed by atoms with Gasteiger partial charge in [-0.2, -0.15) is 0 Å². The predicted molar refractivity (Wildman–Crippen MR) is 78.7 cm³/mol. The quantitative estimate of drug-likeness (QED) is 0.832. The highest BCUT2D eigenvalue weighted by atomic mass is 32.1. The van der Waals surface area contributed by atoms with Crippen molar-refractivity contribution in [1.29, 1.82) is 0 Å². The summed E-state index contributed by atoms with van der Waals surface area (Å²) in [7, 11) is 0. The van der Waals surface area contributed by atoms with Crippen LogP contribution in [0.3, 0.4) is 0 Å². The third kappa shape index (κ3) is 3.59. The Morgan fingerprint density at radius 3 is 2.89 bits per heavy atom. The van der Waals surface area contributed by atoms with Crippen LogP contribution in [0, 0.1) is 17.3 Å². The largest absolute Gasteiger partial charge is 0.351 e. The van der Waals surface area contributed by atoms with Crippen molar-refractivity contribution in [3.05, 3.63) is 21.9 Å². The zero-order valence-corrected chi connectivity index (χ0v) is 12.1. The minimum absolute atomic E-state index is 0.153. The molecular formula is C15H20N2OS. The lowest BCUT2D eigenvalue weighted by molar-refractivity contribution is -0.130. The Morgan fingerprint density at radius 2 is 2.21 bits per heavy atom. The molecule has 4 heteroatoms. The predicted octanol–water partition coefficient (Wildman–Crippen LogP) is 2.25. The average Bonchev–Trinajstić information content (AvgIpc) is 3.03. The van der Waals surface area contributed by atoms with Crippen LogP contribution in [-0.2, 0) is 11.3 Å². The summed E-state index contributed by atoms with van der Waals surface area (Å²) >= 11 is 1.61. The molecule has 1 saturated carbocycles. The summed E-state index contributed by atoms with van der Waals surface area (Å²) in [5, 5.41) is 3.05. The van der Waals surface area contributed by atoms with Crippen LogP contribution < -0.4 is 11.1 Å². The first-order chi connectivity index (χ1) is 9.14. The lowest BCUT2D eigenvalue weighted by Gasteiger charge is -2.21. The Morgan fingerprint density at radius 1 is 1.47 bits per heavy atom. The molecule has 0 unspecified atom stereocenters. The van der Waals surface area contributed by atoms with Crippen LogP contribution >= 0.6 is 11.3 Å². The first-order valence-corrected chi connectivity index (χ1v) is 7.52. The molecule has 0 saturated heterocycles. The molecule has 0 aliphatic heterocycles. The lowest BCUT2D eigenvalue weighted by Crippen LogP contribution is -2.36. The lowest BCUT2D eigenvalue weighted by atomic mass is 9.88. The zero-order chi connectivity index (χ0) is 13.7. The van der Waals surface area contributed by atoms with Crippen LogP contribution in [0.5, 0.6) is 0 Å². The van der Waals surface area contributed by atoms with Gasteiger partial charge in [-0.15, -0.1) is 11.3 Å². The van der Waals surface area contributed by atoms with E-state index in [0.29, 0.717) is 13.1 Å². The Kier molecular flexibility index (Phi) is 4.62. The molecule has 1 fully saturated rings. The highest BCUT2D eigenvalue weighted by Crippen LogP contribution is 2.37. The summed E-state index contributed by atoms with van der Waals surface area (Å²) < 4.78 is 0. The van der Waals surface area contributed by atoms with E-state index in [-0.39, 0.29) is 11.3 Å². The van der Waals surface area contributed by atoms with E-state index < -0.39 is 0 Å². The fourth-order valence-corrected chi connectivity index (χ4v) is 3.26. The Balaban J connectivity index is 1.88. The van der Waals surface area contributed by atoms with E-state index in [1.54, 1.807) is 11.3 Å². The first kappa shape index (κ1) is 14.1. The molecule has 1 aromatic heterocycles. The third-order valence-corrected chi connectivity index (χ3v) is 4.65. The van der Waals surface area contributed by atoms with E-state index in [2.05, 4.69) is 24.1 Å². The van der Waals surface area contributed by atoms with E-state index >= 15 is 0 Å². The number of hydrogen-bond donors (Lipinski definition) is 2. The molecule has 1 aromatic rings. The first-order valence-electron chi connectivity index (χ1n) is 6.70. The molecule has 0 spiro atoms. The normalized spacial score (nSPS) is 16.7. The molecule has 2 rings (SSSR count). The molecule has 0 bridgehead atoms. The van der Waals surface area contributed by atoms with Crippen molar-refractivity contribution in [1.82, 2.24) is 5.32 Å². The Labute approximate surface area is 118 Å². The molecule has 1 aliphatic rings. The van der Waals surface area contributed by atoms with Gasteiger partial charge in [-0.3, -0.25) is 4.79 Å². The van der Waals surface area contributed by atoms with Gasteiger partial charge < -0.3 is 11.1 Å². The van der Waals surface area contributed by atoms with Gasteiger partial charge in [-0.05, 0) is 25.0 Å². The molecule has 1 amide bonds. The zero-order valence-electron chi connectivity index (χ0n) is 11.3. The van der Waals surface area contributed by atoms with Gasteiger partial charge in [-0.1, -0.05) is 31.6 Å². The second kappa shape index (κ2) is 6.23. The van der Waals surface area contributed by atoms with Gasteiger partial charge in [-0.25, -0.2) is 0 Å². The van der Waals surface area contributed by atoms with Crippen LogP contribution in [0.1, 0.15) is 42.4 Å². The van der Waals surface area contributed by atoms with E-state index in [0.717, 1.165) is 22.6 Å². The van der Waals surface area contributed by atoms with Crippen molar-refractivity contribution in [3.63, 3.8) is 0 Å². The maximum Gasteiger partial charge on any atom is 0.226 e. The number of nitrogens with two attached hydrogens (primary N) is 1. The molecule has 102 valence electrons. The smallest absolute Gasteiger partial charge is 0.226 e. The Hall–Kier alpha value is -1.31. The van der Waals surface area contributed by atoms with E-state index in [1.807, 2.05) is 12.1 Å². The average molecular weight is 276 g/mol. The van der Waals surface area contributed by atoms with Gasteiger partial charge in [0.05, 0.1) is 18.0 Å². The number of carbonyl (C=O) groups is 1. The van der Waals surface area contributed by atoms with Crippen LogP contribution in [0.4, 0.5) is 0 Å². The van der Waals surface area contributed by atoms with Crippen LogP contribution in [0.15, 0.2) is 12.1 Å². The second-order valence-electron chi connectivity index (χ2n) is 5.22. The van der Waals surface area contributed by atoms with Gasteiger partial charge in [0.15, 0.2) is 0 Å². The minimum atomic E-state index is -0.153. The van der Waals surface area contributed by atoms with E-state index in [4.69, 9.17) is 5.73 Å². The van der Waals surface area contributed by atoms with Crippen molar-refractivity contribution in [2.45, 2.75) is 39.2 Å². The summed E-state index contributed by atoms with van der Waals surface area (Å²) in [5.41, 5.74) is 5.19. The molecule has 1 aliphatic carbocycles. The van der Waals surface area contributed by atoms with Crippen LogP contribution in [-0.4, -0.2) is 12.5 Å². The fourth-order valence-electron chi connectivity index (χ4n) is 2.44.